The third kappa shape index (κ3) is 6.55. The normalized spacial score (nSPS) is 11.0. The van der Waals surface area contributed by atoms with Crippen molar-refractivity contribution in [3.05, 3.63) is 59.9 Å². The van der Waals surface area contributed by atoms with Gasteiger partial charge in [0.25, 0.3) is 0 Å². The molecule has 0 aliphatic heterocycles. The van der Waals surface area contributed by atoms with Crippen LogP contribution in [0.15, 0.2) is 47.7 Å². The van der Waals surface area contributed by atoms with Crippen LogP contribution in [0.5, 0.6) is 0 Å². The Morgan fingerprint density at radius 3 is 2.52 bits per heavy atom. The minimum atomic E-state index is -0.425. The van der Waals surface area contributed by atoms with Gasteiger partial charge in [-0.05, 0) is 42.3 Å². The number of rotatable bonds is 6. The highest BCUT2D eigenvalue weighted by Gasteiger charge is 2.04. The smallest absolute Gasteiger partial charge is 0.191 e. The first-order valence-corrected chi connectivity index (χ1v) is 7.18. The van der Waals surface area contributed by atoms with E-state index in [-0.39, 0.29) is 24.0 Å². The zero-order valence-corrected chi connectivity index (χ0v) is 15.3. The molecule has 23 heavy (non-hydrogen) atoms. The SMILES string of the molecule is CN=C(NCCc1cc(F)ccc1F)NCCn1cccc1.I. The first-order chi connectivity index (χ1) is 10.7. The summed E-state index contributed by atoms with van der Waals surface area (Å²) in [4.78, 5) is 4.10. The van der Waals surface area contributed by atoms with Crippen molar-refractivity contribution in [1.29, 1.82) is 0 Å². The number of aromatic nitrogens is 1. The average molecular weight is 434 g/mol. The summed E-state index contributed by atoms with van der Waals surface area (Å²) in [7, 11) is 1.67. The van der Waals surface area contributed by atoms with Gasteiger partial charge in [0.05, 0.1) is 0 Å². The summed E-state index contributed by atoms with van der Waals surface area (Å²) in [5, 5.41) is 6.26. The van der Waals surface area contributed by atoms with Gasteiger partial charge in [-0.3, -0.25) is 4.99 Å². The maximum atomic E-state index is 13.5. The van der Waals surface area contributed by atoms with Crippen LogP contribution >= 0.6 is 24.0 Å². The summed E-state index contributed by atoms with van der Waals surface area (Å²) in [6.07, 6.45) is 4.37. The van der Waals surface area contributed by atoms with Crippen molar-refractivity contribution < 1.29 is 8.78 Å². The highest BCUT2D eigenvalue weighted by molar-refractivity contribution is 14.0. The lowest BCUT2D eigenvalue weighted by Crippen LogP contribution is -2.39. The molecule has 0 fully saturated rings. The number of nitrogens with one attached hydrogen (secondary N) is 2. The van der Waals surface area contributed by atoms with Gasteiger partial charge in [0, 0.05) is 39.1 Å². The molecule has 1 aromatic carbocycles. The van der Waals surface area contributed by atoms with Gasteiger partial charge in [-0.25, -0.2) is 8.78 Å². The fourth-order valence-electron chi connectivity index (χ4n) is 2.09. The second kappa shape index (κ2) is 10.2. The quantitative estimate of drug-likeness (QED) is 0.417. The lowest BCUT2D eigenvalue weighted by molar-refractivity contribution is 0.582. The Bertz CT molecular complexity index is 615. The molecule has 0 bridgehead atoms. The van der Waals surface area contributed by atoms with E-state index in [1.54, 1.807) is 7.05 Å². The predicted molar refractivity (Wildman–Crippen MR) is 99.3 cm³/mol. The fourth-order valence-corrected chi connectivity index (χ4v) is 2.09. The van der Waals surface area contributed by atoms with Crippen molar-refractivity contribution >= 4 is 29.9 Å². The molecule has 0 atom stereocenters. The van der Waals surface area contributed by atoms with Crippen LogP contribution in [0.1, 0.15) is 5.56 Å². The van der Waals surface area contributed by atoms with Crippen LogP contribution in [0.3, 0.4) is 0 Å². The van der Waals surface area contributed by atoms with Gasteiger partial charge in [0.15, 0.2) is 5.96 Å². The summed E-state index contributed by atoms with van der Waals surface area (Å²) in [6, 6.07) is 7.43. The van der Waals surface area contributed by atoms with Crippen LogP contribution in [0.2, 0.25) is 0 Å². The standard InChI is InChI=1S/C16H20F2N4.HI/c1-19-16(21-8-11-22-9-2-3-10-22)20-7-6-13-12-14(17)4-5-15(13)18;/h2-5,9-10,12H,6-8,11H2,1H3,(H2,19,20,21);1H. The maximum absolute atomic E-state index is 13.5. The maximum Gasteiger partial charge on any atom is 0.191 e. The zero-order chi connectivity index (χ0) is 15.8. The first-order valence-electron chi connectivity index (χ1n) is 7.18. The van der Waals surface area contributed by atoms with Gasteiger partial charge in [0.2, 0.25) is 0 Å². The number of hydrogen-bond donors (Lipinski definition) is 2. The van der Waals surface area contributed by atoms with Crippen LogP contribution in [0, 0.1) is 11.6 Å². The molecule has 0 aliphatic carbocycles. The Balaban J connectivity index is 0.00000264. The van der Waals surface area contributed by atoms with E-state index in [4.69, 9.17) is 0 Å². The molecule has 7 heteroatoms. The Hall–Kier alpha value is -1.64. The van der Waals surface area contributed by atoms with Crippen molar-refractivity contribution in [3.8, 4) is 0 Å². The molecule has 2 N–H and O–H groups in total. The number of benzene rings is 1. The van der Waals surface area contributed by atoms with Crippen LogP contribution in [-0.2, 0) is 13.0 Å². The van der Waals surface area contributed by atoms with Crippen molar-refractivity contribution in [1.82, 2.24) is 15.2 Å². The van der Waals surface area contributed by atoms with E-state index in [0.29, 0.717) is 24.5 Å². The van der Waals surface area contributed by atoms with E-state index >= 15 is 0 Å². The molecule has 0 saturated heterocycles. The van der Waals surface area contributed by atoms with Crippen molar-refractivity contribution in [2.45, 2.75) is 13.0 Å². The van der Waals surface area contributed by atoms with E-state index in [0.717, 1.165) is 25.2 Å². The van der Waals surface area contributed by atoms with Gasteiger partial charge in [-0.15, -0.1) is 24.0 Å². The predicted octanol–water partition coefficient (Wildman–Crippen LogP) is 2.79. The van der Waals surface area contributed by atoms with Crippen molar-refractivity contribution in [2.24, 2.45) is 4.99 Å². The molecule has 2 rings (SSSR count). The summed E-state index contributed by atoms with van der Waals surface area (Å²) in [5.41, 5.74) is 0.357. The molecule has 4 nitrogen and oxygen atoms in total. The fraction of sp³-hybridized carbons (Fsp3) is 0.312. The minimum Gasteiger partial charge on any atom is -0.356 e. The molecule has 0 radical (unpaired) electrons. The monoisotopic (exact) mass is 434 g/mol. The Labute approximate surface area is 152 Å². The van der Waals surface area contributed by atoms with E-state index in [1.165, 1.54) is 6.07 Å². The van der Waals surface area contributed by atoms with E-state index in [1.807, 2.05) is 24.5 Å². The third-order valence-electron chi connectivity index (χ3n) is 3.25. The number of halogens is 3. The van der Waals surface area contributed by atoms with Gasteiger partial charge in [0.1, 0.15) is 11.6 Å². The van der Waals surface area contributed by atoms with Crippen molar-refractivity contribution in [2.75, 3.05) is 20.1 Å². The lowest BCUT2D eigenvalue weighted by atomic mass is 10.1. The minimum absolute atomic E-state index is 0. The molecule has 0 amide bonds. The molecule has 1 heterocycles. The highest BCUT2D eigenvalue weighted by atomic mass is 127. The van der Waals surface area contributed by atoms with Gasteiger partial charge in [-0.2, -0.15) is 0 Å². The molecular formula is C16H21F2IN4. The van der Waals surface area contributed by atoms with Gasteiger partial charge >= 0.3 is 0 Å². The summed E-state index contributed by atoms with van der Waals surface area (Å²) >= 11 is 0. The Morgan fingerprint density at radius 1 is 1.13 bits per heavy atom. The highest BCUT2D eigenvalue weighted by Crippen LogP contribution is 2.09. The first kappa shape index (κ1) is 19.4. The zero-order valence-electron chi connectivity index (χ0n) is 12.9. The molecule has 1 aromatic heterocycles. The average Bonchev–Trinajstić information content (AvgIpc) is 3.02. The van der Waals surface area contributed by atoms with Crippen LogP contribution in [0.4, 0.5) is 8.78 Å². The largest absolute Gasteiger partial charge is 0.356 e. The number of nitrogens with zero attached hydrogens (tertiary/aromatic N) is 2. The van der Waals surface area contributed by atoms with Crippen LogP contribution in [0.25, 0.3) is 0 Å². The third-order valence-corrected chi connectivity index (χ3v) is 3.25. The van der Waals surface area contributed by atoms with E-state index in [9.17, 15) is 8.78 Å². The number of guanidine groups is 1. The number of aliphatic imine (C=N–C) groups is 1. The lowest BCUT2D eigenvalue weighted by Gasteiger charge is -2.12. The Kier molecular flexibility index (Phi) is 8.60. The van der Waals surface area contributed by atoms with E-state index in [2.05, 4.69) is 20.2 Å². The summed E-state index contributed by atoms with van der Waals surface area (Å²) in [5.74, 6) is -0.173. The molecule has 126 valence electrons. The van der Waals surface area contributed by atoms with Crippen LogP contribution in [-0.4, -0.2) is 30.7 Å². The van der Waals surface area contributed by atoms with Crippen molar-refractivity contribution in [3.63, 3.8) is 0 Å². The summed E-state index contributed by atoms with van der Waals surface area (Å²) in [6.45, 7) is 2.03. The summed E-state index contributed by atoms with van der Waals surface area (Å²) < 4.78 is 28.6. The molecule has 2 aromatic rings. The topological polar surface area (TPSA) is 41.4 Å². The molecular weight excluding hydrogens is 413 g/mol. The number of hydrogen-bond acceptors (Lipinski definition) is 1. The second-order valence-corrected chi connectivity index (χ2v) is 4.83. The van der Waals surface area contributed by atoms with Gasteiger partial charge < -0.3 is 15.2 Å². The molecule has 0 unspecified atom stereocenters. The molecule has 0 saturated carbocycles. The Morgan fingerprint density at radius 2 is 1.83 bits per heavy atom. The molecule has 0 aliphatic rings. The molecule has 0 spiro atoms. The van der Waals surface area contributed by atoms with Gasteiger partial charge in [-0.1, -0.05) is 0 Å². The second-order valence-electron chi connectivity index (χ2n) is 4.83. The van der Waals surface area contributed by atoms with Crippen LogP contribution < -0.4 is 10.6 Å². The van der Waals surface area contributed by atoms with E-state index < -0.39 is 11.6 Å².